The number of aromatic nitrogens is 3. The lowest BCUT2D eigenvalue weighted by Crippen LogP contribution is -2.29. The molecule has 0 spiro atoms. The number of H-pyrrole nitrogens is 1. The smallest absolute Gasteiger partial charge is 0.222 e. The highest BCUT2D eigenvalue weighted by molar-refractivity contribution is 6.30. The third-order valence-electron chi connectivity index (χ3n) is 5.35. The largest absolute Gasteiger partial charge is 0.494 e. The molecule has 0 saturated heterocycles. The molecule has 2 aromatic heterocycles. The summed E-state index contributed by atoms with van der Waals surface area (Å²) in [4.78, 5) is 30.0. The first kappa shape index (κ1) is 21.3. The summed E-state index contributed by atoms with van der Waals surface area (Å²) in [5, 5.41) is 15.0. The van der Waals surface area contributed by atoms with Crippen molar-refractivity contribution >= 4 is 40.6 Å². The average Bonchev–Trinajstić information content (AvgIpc) is 3.09. The minimum atomic E-state index is -0.303. The number of hydrogen-bond donors (Lipinski definition) is 3. The molecule has 9 nitrogen and oxygen atoms in total. The van der Waals surface area contributed by atoms with Crippen LogP contribution in [-0.2, 0) is 9.53 Å². The first-order valence-corrected chi connectivity index (χ1v) is 10.7. The van der Waals surface area contributed by atoms with E-state index >= 15 is 0 Å². The molecule has 10 heteroatoms. The maximum absolute atomic E-state index is 12.3. The number of aliphatic imine (C=N–C) groups is 1. The Morgan fingerprint density at radius 1 is 1.29 bits per heavy atom. The van der Waals surface area contributed by atoms with Crippen LogP contribution in [0.3, 0.4) is 0 Å². The van der Waals surface area contributed by atoms with E-state index in [9.17, 15) is 9.90 Å². The number of carbonyl (C=O) groups excluding carboxylic acids is 1. The zero-order valence-corrected chi connectivity index (χ0v) is 18.0. The molecule has 4 rings (SSSR count). The highest BCUT2D eigenvalue weighted by atomic mass is 35.5. The molecule has 164 valence electrons. The number of aromatic amines is 1. The Morgan fingerprint density at radius 3 is 3.03 bits per heavy atom. The number of anilines is 1. The zero-order chi connectivity index (χ0) is 21.8. The molecule has 0 radical (unpaired) electrons. The van der Waals surface area contributed by atoms with Crippen LogP contribution in [0.2, 0.25) is 0 Å². The van der Waals surface area contributed by atoms with E-state index in [1.165, 1.54) is 6.33 Å². The Hall–Kier alpha value is -2.91. The fraction of sp³-hybridized carbons (Fsp3) is 0.429. The molecule has 2 aliphatic rings. The number of ether oxygens (including phenoxy) is 1. The van der Waals surface area contributed by atoms with E-state index < -0.39 is 0 Å². The first-order valence-electron chi connectivity index (χ1n) is 10.3. The Balaban J connectivity index is 1.66. The molecule has 31 heavy (non-hydrogen) atoms. The normalized spacial score (nSPS) is 21.2. The summed E-state index contributed by atoms with van der Waals surface area (Å²) in [6, 6.07) is 0. The number of aromatic hydroxyl groups is 1. The number of hydrogen-bond acceptors (Lipinski definition) is 7. The monoisotopic (exact) mass is 444 g/mol. The third-order valence-corrected chi connectivity index (χ3v) is 5.72. The van der Waals surface area contributed by atoms with Crippen molar-refractivity contribution in [1.29, 1.82) is 0 Å². The topological polar surface area (TPSA) is 116 Å². The van der Waals surface area contributed by atoms with E-state index in [4.69, 9.17) is 16.3 Å². The molecule has 0 aromatic carbocycles. The van der Waals surface area contributed by atoms with Crippen LogP contribution in [0.5, 0.6) is 5.88 Å². The highest BCUT2D eigenvalue weighted by Gasteiger charge is 2.20. The molecular formula is C21H25ClN6O3. The van der Waals surface area contributed by atoms with Gasteiger partial charge in [-0.2, -0.15) is 0 Å². The fourth-order valence-corrected chi connectivity index (χ4v) is 3.80. The van der Waals surface area contributed by atoms with E-state index in [2.05, 4.69) is 25.3 Å². The molecule has 1 unspecified atom stereocenters. The molecule has 1 aliphatic heterocycles. The average molecular weight is 445 g/mol. The van der Waals surface area contributed by atoms with Gasteiger partial charge in [-0.15, -0.1) is 0 Å². The predicted octanol–water partition coefficient (Wildman–Crippen LogP) is 2.93. The van der Waals surface area contributed by atoms with E-state index in [0.29, 0.717) is 66.4 Å². The molecule has 1 aliphatic carbocycles. The maximum Gasteiger partial charge on any atom is 0.222 e. The van der Waals surface area contributed by atoms with Gasteiger partial charge in [-0.05, 0) is 25.0 Å². The van der Waals surface area contributed by atoms with Crippen molar-refractivity contribution < 1.29 is 14.6 Å². The summed E-state index contributed by atoms with van der Waals surface area (Å²) < 4.78 is 5.91. The number of fused-ring (bicyclic) bond motifs is 2. The lowest BCUT2D eigenvalue weighted by Gasteiger charge is -2.21. The predicted molar refractivity (Wildman–Crippen MR) is 120 cm³/mol. The fourth-order valence-electron chi connectivity index (χ4n) is 3.60. The van der Waals surface area contributed by atoms with Crippen LogP contribution in [0.25, 0.3) is 11.0 Å². The second-order valence-electron chi connectivity index (χ2n) is 7.56. The lowest BCUT2D eigenvalue weighted by molar-refractivity contribution is -0.130. The van der Waals surface area contributed by atoms with Crippen LogP contribution in [0.4, 0.5) is 5.82 Å². The second kappa shape index (κ2) is 9.49. The van der Waals surface area contributed by atoms with Gasteiger partial charge in [0.05, 0.1) is 17.1 Å². The zero-order valence-electron chi connectivity index (χ0n) is 17.3. The van der Waals surface area contributed by atoms with E-state index in [1.54, 1.807) is 24.2 Å². The minimum absolute atomic E-state index is 0.0279. The second-order valence-corrected chi connectivity index (χ2v) is 8.00. The molecule has 2 bridgehead atoms. The van der Waals surface area contributed by atoms with Gasteiger partial charge in [-0.25, -0.2) is 9.97 Å². The van der Waals surface area contributed by atoms with Gasteiger partial charge in [0, 0.05) is 56.5 Å². The molecule has 1 atom stereocenters. The van der Waals surface area contributed by atoms with Crippen molar-refractivity contribution in [2.75, 3.05) is 32.1 Å². The number of carbonyl (C=O) groups is 1. The van der Waals surface area contributed by atoms with Crippen molar-refractivity contribution in [2.45, 2.75) is 31.8 Å². The first-order chi connectivity index (χ1) is 15.0. The van der Waals surface area contributed by atoms with Crippen molar-refractivity contribution in [2.24, 2.45) is 4.99 Å². The van der Waals surface area contributed by atoms with Gasteiger partial charge in [0.1, 0.15) is 17.8 Å². The quantitative estimate of drug-likeness (QED) is 0.575. The molecule has 0 fully saturated rings. The van der Waals surface area contributed by atoms with Crippen LogP contribution in [0.1, 0.15) is 31.2 Å². The number of halogens is 1. The Morgan fingerprint density at radius 2 is 2.16 bits per heavy atom. The number of nitrogens with zero attached hydrogens (tertiary/aromatic N) is 4. The van der Waals surface area contributed by atoms with Crippen molar-refractivity contribution in [3.63, 3.8) is 0 Å². The summed E-state index contributed by atoms with van der Waals surface area (Å²) >= 11 is 6.31. The van der Waals surface area contributed by atoms with Crippen LogP contribution in [-0.4, -0.2) is 69.9 Å². The van der Waals surface area contributed by atoms with Gasteiger partial charge >= 0.3 is 0 Å². The van der Waals surface area contributed by atoms with Crippen molar-refractivity contribution in [3.8, 4) is 5.88 Å². The van der Waals surface area contributed by atoms with E-state index in [-0.39, 0.29) is 17.9 Å². The molecule has 3 N–H and O–H groups in total. The Labute approximate surface area is 184 Å². The van der Waals surface area contributed by atoms with Gasteiger partial charge in [0.15, 0.2) is 5.88 Å². The van der Waals surface area contributed by atoms with Gasteiger partial charge in [-0.3, -0.25) is 9.79 Å². The van der Waals surface area contributed by atoms with Gasteiger partial charge < -0.3 is 25.0 Å². The van der Waals surface area contributed by atoms with Gasteiger partial charge in [-0.1, -0.05) is 11.6 Å². The summed E-state index contributed by atoms with van der Waals surface area (Å²) in [6.07, 6.45) is 8.64. The van der Waals surface area contributed by atoms with Crippen LogP contribution in [0.15, 0.2) is 34.2 Å². The summed E-state index contributed by atoms with van der Waals surface area (Å²) in [5.74, 6) is 0.655. The van der Waals surface area contributed by atoms with Gasteiger partial charge in [0.25, 0.3) is 0 Å². The molecule has 3 heterocycles. The standard InChI is InChI=1S/C21H25ClN6O3/c1-28-8-3-7-23-19-18-14(21(30)27-20(18)26-12-25-19)11-24-13-5-6-15(22)16(10-13)31-9-2-4-17(28)29/h5-6,11-12,16,30H,2-4,7-10H2,1H3,(H2,23,25,26,27). The maximum atomic E-state index is 12.3. The highest BCUT2D eigenvalue weighted by Crippen LogP contribution is 2.30. The van der Waals surface area contributed by atoms with E-state index in [0.717, 1.165) is 12.1 Å². The number of rotatable bonds is 0. The lowest BCUT2D eigenvalue weighted by atomic mass is 10.1. The molecular weight excluding hydrogens is 420 g/mol. The van der Waals surface area contributed by atoms with Crippen LogP contribution in [0, 0.1) is 0 Å². The van der Waals surface area contributed by atoms with Crippen LogP contribution < -0.4 is 5.32 Å². The summed E-state index contributed by atoms with van der Waals surface area (Å²) in [5.41, 5.74) is 1.79. The third kappa shape index (κ3) is 4.88. The Kier molecular flexibility index (Phi) is 6.53. The number of amides is 1. The molecule has 0 saturated carbocycles. The SMILES string of the molecule is CN1CCCNc2ncnc3[nH]c(O)c(c23)C=NC2=CC=C(Cl)C(C2)OCCCC1=O. The van der Waals surface area contributed by atoms with Crippen LogP contribution >= 0.6 is 11.6 Å². The number of allylic oxidation sites excluding steroid dienone is 2. The van der Waals surface area contributed by atoms with Crippen molar-refractivity contribution in [1.82, 2.24) is 19.9 Å². The Bertz CT molecular complexity index is 1060. The van der Waals surface area contributed by atoms with E-state index in [1.807, 2.05) is 6.08 Å². The number of nitrogens with one attached hydrogen (secondary N) is 2. The molecule has 1 amide bonds. The summed E-state index contributed by atoms with van der Waals surface area (Å²) in [7, 11) is 1.81. The van der Waals surface area contributed by atoms with Gasteiger partial charge in [0.2, 0.25) is 5.91 Å². The molecule has 2 aromatic rings. The summed E-state index contributed by atoms with van der Waals surface area (Å²) in [6.45, 7) is 1.68. The minimum Gasteiger partial charge on any atom is -0.494 e. The van der Waals surface area contributed by atoms with Crippen molar-refractivity contribution in [3.05, 3.63) is 34.8 Å².